The summed E-state index contributed by atoms with van der Waals surface area (Å²) >= 11 is 0. The maximum atomic E-state index is 14.4. The zero-order valence-electron chi connectivity index (χ0n) is 19.2. The molecule has 8 nitrogen and oxygen atoms in total. The average Bonchev–Trinajstić information content (AvgIpc) is 3.11. The first-order chi connectivity index (χ1) is 16.0. The van der Waals surface area contributed by atoms with Crippen molar-refractivity contribution in [3.8, 4) is 17.2 Å². The van der Waals surface area contributed by atoms with Crippen molar-refractivity contribution in [3.05, 3.63) is 53.6 Å². The summed E-state index contributed by atoms with van der Waals surface area (Å²) in [4.78, 5) is 31.0. The Bertz CT molecular complexity index is 1090. The van der Waals surface area contributed by atoms with E-state index in [-0.39, 0.29) is 28.6 Å². The fourth-order valence-corrected chi connectivity index (χ4v) is 3.59. The quantitative estimate of drug-likeness (QED) is 0.658. The van der Waals surface area contributed by atoms with E-state index in [1.165, 1.54) is 45.6 Å². The molecule has 1 unspecified atom stereocenters. The first kappa shape index (κ1) is 24.9. The van der Waals surface area contributed by atoms with Crippen LogP contribution in [0.2, 0.25) is 0 Å². The Morgan fingerprint density at radius 3 is 2.03 bits per heavy atom. The van der Waals surface area contributed by atoms with E-state index < -0.39 is 29.7 Å². The molecule has 1 aliphatic heterocycles. The molecule has 34 heavy (non-hydrogen) atoms. The molecule has 1 atom stereocenters. The SMILES string of the molecule is COc1cc(C(=O)NC2(C(F)(F)F)N=C(c3ccccc3)N(C(C)C)C2=O)cc(OC)c1OC. The fourth-order valence-electron chi connectivity index (χ4n) is 3.59. The number of alkyl halides is 3. The lowest BCUT2D eigenvalue weighted by atomic mass is 10.1. The Labute approximate surface area is 194 Å². The van der Waals surface area contributed by atoms with Crippen LogP contribution < -0.4 is 19.5 Å². The summed E-state index contributed by atoms with van der Waals surface area (Å²) in [7, 11) is 3.94. The molecule has 1 heterocycles. The van der Waals surface area contributed by atoms with Gasteiger partial charge in [-0.05, 0) is 26.0 Å². The highest BCUT2D eigenvalue weighted by molar-refractivity contribution is 6.17. The molecule has 2 amide bonds. The van der Waals surface area contributed by atoms with Crippen LogP contribution in [0, 0.1) is 0 Å². The second-order valence-corrected chi connectivity index (χ2v) is 7.65. The first-order valence-corrected chi connectivity index (χ1v) is 10.2. The molecule has 0 fully saturated rings. The van der Waals surface area contributed by atoms with Gasteiger partial charge in [0, 0.05) is 17.2 Å². The Balaban J connectivity index is 2.14. The molecule has 0 saturated heterocycles. The van der Waals surface area contributed by atoms with Gasteiger partial charge < -0.3 is 19.5 Å². The molecule has 2 aromatic rings. The third-order valence-corrected chi connectivity index (χ3v) is 5.21. The molecule has 0 bridgehead atoms. The number of aliphatic imine (C=N–C) groups is 1. The number of nitrogens with one attached hydrogen (secondary N) is 1. The van der Waals surface area contributed by atoms with E-state index in [0.29, 0.717) is 5.56 Å². The lowest BCUT2D eigenvalue weighted by Crippen LogP contribution is -2.64. The van der Waals surface area contributed by atoms with Crippen LogP contribution in [0.15, 0.2) is 47.5 Å². The number of ether oxygens (including phenoxy) is 3. The number of halogens is 3. The molecule has 1 N–H and O–H groups in total. The van der Waals surface area contributed by atoms with Gasteiger partial charge in [0.25, 0.3) is 11.8 Å². The highest BCUT2D eigenvalue weighted by Crippen LogP contribution is 2.41. The minimum absolute atomic E-state index is 0.0584. The van der Waals surface area contributed by atoms with Gasteiger partial charge in [-0.3, -0.25) is 14.5 Å². The number of carbonyl (C=O) groups excluding carboxylic acids is 2. The van der Waals surface area contributed by atoms with Gasteiger partial charge in [0.1, 0.15) is 5.84 Å². The van der Waals surface area contributed by atoms with Crippen LogP contribution in [0.1, 0.15) is 29.8 Å². The van der Waals surface area contributed by atoms with Crippen molar-refractivity contribution in [2.75, 3.05) is 21.3 Å². The van der Waals surface area contributed by atoms with Crippen molar-refractivity contribution in [2.24, 2.45) is 4.99 Å². The highest BCUT2D eigenvalue weighted by atomic mass is 19.4. The third kappa shape index (κ3) is 4.13. The maximum absolute atomic E-state index is 14.4. The minimum atomic E-state index is -5.23. The van der Waals surface area contributed by atoms with Crippen molar-refractivity contribution in [3.63, 3.8) is 0 Å². The molecule has 0 radical (unpaired) electrons. The zero-order valence-corrected chi connectivity index (χ0v) is 19.2. The van der Waals surface area contributed by atoms with E-state index >= 15 is 0 Å². The Morgan fingerprint density at radius 1 is 1.03 bits per heavy atom. The van der Waals surface area contributed by atoms with Crippen LogP contribution in [-0.4, -0.2) is 61.8 Å². The van der Waals surface area contributed by atoms with E-state index in [1.807, 2.05) is 5.32 Å². The number of methoxy groups -OCH3 is 3. The fraction of sp³-hybridized carbons (Fsp3) is 0.348. The molecule has 3 rings (SSSR count). The normalized spacial score (nSPS) is 18.1. The summed E-state index contributed by atoms with van der Waals surface area (Å²) in [6, 6.07) is 9.69. The summed E-state index contributed by atoms with van der Waals surface area (Å²) in [5.74, 6) is -2.53. The topological polar surface area (TPSA) is 89.5 Å². The van der Waals surface area contributed by atoms with Gasteiger partial charge in [-0.25, -0.2) is 4.99 Å². The standard InChI is InChI=1S/C23H24F3N3O5/c1-13(2)29-19(14-9-7-6-8-10-14)27-22(21(29)31,23(24,25)26)28-20(30)15-11-16(32-3)18(34-5)17(12-15)33-4/h6-13H,1-5H3,(H,28,30). The van der Waals surface area contributed by atoms with Gasteiger partial charge in [0.2, 0.25) is 5.75 Å². The molecule has 0 spiro atoms. The number of amides is 2. The minimum Gasteiger partial charge on any atom is -0.493 e. The summed E-state index contributed by atoms with van der Waals surface area (Å²) in [5.41, 5.74) is -3.46. The molecule has 2 aromatic carbocycles. The molecule has 0 saturated carbocycles. The predicted octanol–water partition coefficient (Wildman–Crippen LogP) is 3.40. The largest absolute Gasteiger partial charge is 0.493 e. The van der Waals surface area contributed by atoms with E-state index in [2.05, 4.69) is 4.99 Å². The summed E-state index contributed by atoms with van der Waals surface area (Å²) in [5, 5.41) is 1.83. The summed E-state index contributed by atoms with van der Waals surface area (Å²) < 4.78 is 58.8. The summed E-state index contributed by atoms with van der Waals surface area (Å²) in [6.07, 6.45) is -5.23. The summed E-state index contributed by atoms with van der Waals surface area (Å²) in [6.45, 7) is 3.12. The Hall–Kier alpha value is -3.76. The van der Waals surface area contributed by atoms with Crippen LogP contribution in [-0.2, 0) is 4.79 Å². The molecule has 0 aliphatic carbocycles. The number of hydrogen-bond acceptors (Lipinski definition) is 6. The van der Waals surface area contributed by atoms with E-state index in [9.17, 15) is 22.8 Å². The number of amidine groups is 1. The first-order valence-electron chi connectivity index (χ1n) is 10.2. The average molecular weight is 479 g/mol. The molecular formula is C23H24F3N3O5. The lowest BCUT2D eigenvalue weighted by molar-refractivity contribution is -0.196. The zero-order chi connectivity index (χ0) is 25.3. The molecule has 182 valence electrons. The number of benzene rings is 2. The predicted molar refractivity (Wildman–Crippen MR) is 117 cm³/mol. The van der Waals surface area contributed by atoms with Crippen LogP contribution in [0.5, 0.6) is 17.2 Å². The number of nitrogens with zero attached hydrogens (tertiary/aromatic N) is 2. The van der Waals surface area contributed by atoms with Crippen molar-refractivity contribution < 1.29 is 37.0 Å². The van der Waals surface area contributed by atoms with Crippen LogP contribution in [0.4, 0.5) is 13.2 Å². The highest BCUT2D eigenvalue weighted by Gasteiger charge is 2.67. The second kappa shape index (κ2) is 9.24. The smallest absolute Gasteiger partial charge is 0.442 e. The van der Waals surface area contributed by atoms with Gasteiger partial charge in [-0.1, -0.05) is 30.3 Å². The maximum Gasteiger partial charge on any atom is 0.442 e. The Kier molecular flexibility index (Phi) is 6.76. The third-order valence-electron chi connectivity index (χ3n) is 5.21. The Morgan fingerprint density at radius 2 is 1.59 bits per heavy atom. The van der Waals surface area contributed by atoms with Crippen molar-refractivity contribution in [1.82, 2.24) is 10.2 Å². The monoisotopic (exact) mass is 479 g/mol. The molecule has 11 heteroatoms. The lowest BCUT2D eigenvalue weighted by Gasteiger charge is -2.30. The van der Waals surface area contributed by atoms with Crippen molar-refractivity contribution in [2.45, 2.75) is 31.7 Å². The van der Waals surface area contributed by atoms with E-state index in [4.69, 9.17) is 14.2 Å². The molecule has 0 aromatic heterocycles. The van der Waals surface area contributed by atoms with Gasteiger partial charge in [-0.2, -0.15) is 13.2 Å². The molecule has 1 aliphatic rings. The van der Waals surface area contributed by atoms with Crippen molar-refractivity contribution in [1.29, 1.82) is 0 Å². The second-order valence-electron chi connectivity index (χ2n) is 7.65. The van der Waals surface area contributed by atoms with E-state index in [1.54, 1.807) is 32.0 Å². The van der Waals surface area contributed by atoms with Gasteiger partial charge in [-0.15, -0.1) is 0 Å². The number of rotatable bonds is 7. The number of hydrogen-bond donors (Lipinski definition) is 1. The van der Waals surface area contributed by atoms with Crippen LogP contribution >= 0.6 is 0 Å². The number of carbonyl (C=O) groups is 2. The van der Waals surface area contributed by atoms with Crippen molar-refractivity contribution >= 4 is 17.6 Å². The van der Waals surface area contributed by atoms with Gasteiger partial charge >= 0.3 is 11.8 Å². The van der Waals surface area contributed by atoms with E-state index in [0.717, 1.165) is 4.90 Å². The van der Waals surface area contributed by atoms with Crippen LogP contribution in [0.3, 0.4) is 0 Å². The van der Waals surface area contributed by atoms with Gasteiger partial charge in [0.05, 0.1) is 21.3 Å². The molecular weight excluding hydrogens is 455 g/mol. The van der Waals surface area contributed by atoms with Gasteiger partial charge in [0.15, 0.2) is 11.5 Å². The van der Waals surface area contributed by atoms with Crippen LogP contribution in [0.25, 0.3) is 0 Å².